The first-order chi connectivity index (χ1) is 14.5. The molecule has 1 atom stereocenters. The van der Waals surface area contributed by atoms with E-state index in [4.69, 9.17) is 9.47 Å². The average Bonchev–Trinajstić information content (AvgIpc) is 2.98. The summed E-state index contributed by atoms with van der Waals surface area (Å²) >= 11 is 0. The van der Waals surface area contributed by atoms with Crippen LogP contribution in [-0.2, 0) is 14.3 Å². The fourth-order valence-corrected chi connectivity index (χ4v) is 3.76. The number of imide groups is 1. The number of hydrogen-bond donors (Lipinski definition) is 1. The Labute approximate surface area is 175 Å². The maximum absolute atomic E-state index is 12.7. The highest BCUT2D eigenvalue weighted by atomic mass is 16.5. The van der Waals surface area contributed by atoms with E-state index in [1.807, 2.05) is 0 Å². The van der Waals surface area contributed by atoms with Gasteiger partial charge in [-0.3, -0.25) is 19.3 Å². The van der Waals surface area contributed by atoms with Gasteiger partial charge in [-0.2, -0.15) is 0 Å². The number of anilines is 1. The molecule has 0 saturated carbocycles. The molecule has 1 unspecified atom stereocenters. The molecule has 1 aromatic carbocycles. The Morgan fingerprint density at radius 3 is 2.70 bits per heavy atom. The van der Waals surface area contributed by atoms with Crippen LogP contribution in [0.3, 0.4) is 0 Å². The summed E-state index contributed by atoms with van der Waals surface area (Å²) < 4.78 is 10.0. The molecule has 0 aromatic heterocycles. The largest absolute Gasteiger partial charge is 0.466 e. The first-order valence-electron chi connectivity index (χ1n) is 10.2. The van der Waals surface area contributed by atoms with Crippen molar-refractivity contribution in [2.45, 2.75) is 26.2 Å². The quantitative estimate of drug-likeness (QED) is 0.414. The molecule has 0 radical (unpaired) electrons. The van der Waals surface area contributed by atoms with Crippen LogP contribution in [-0.4, -0.2) is 73.6 Å². The summed E-state index contributed by atoms with van der Waals surface area (Å²) in [4.78, 5) is 52.5. The molecule has 1 saturated heterocycles. The van der Waals surface area contributed by atoms with E-state index in [-0.39, 0.29) is 41.8 Å². The fraction of sp³-hybridized carbons (Fsp3) is 0.524. The van der Waals surface area contributed by atoms with Crippen LogP contribution >= 0.6 is 0 Å². The third-order valence-corrected chi connectivity index (χ3v) is 5.28. The lowest BCUT2D eigenvalue weighted by Crippen LogP contribution is -2.44. The number of rotatable bonds is 7. The number of hydrogen-bond acceptors (Lipinski definition) is 6. The topological polar surface area (TPSA) is 105 Å². The Hall–Kier alpha value is -2.94. The number of ether oxygens (including phenoxy) is 2. The Morgan fingerprint density at radius 2 is 1.97 bits per heavy atom. The number of carbonyl (C=O) groups is 4. The number of piperidine rings is 1. The highest BCUT2D eigenvalue weighted by molar-refractivity contribution is 6.21. The molecule has 9 nitrogen and oxygen atoms in total. The number of benzene rings is 1. The summed E-state index contributed by atoms with van der Waals surface area (Å²) in [7, 11) is 1.56. The summed E-state index contributed by atoms with van der Waals surface area (Å²) in [5.74, 6) is -1.32. The van der Waals surface area contributed by atoms with Gasteiger partial charge in [-0.1, -0.05) is 0 Å². The molecule has 3 rings (SSSR count). The van der Waals surface area contributed by atoms with Crippen LogP contribution in [0.4, 0.5) is 10.5 Å². The van der Waals surface area contributed by atoms with E-state index < -0.39 is 0 Å². The fourth-order valence-electron chi connectivity index (χ4n) is 3.76. The van der Waals surface area contributed by atoms with Crippen molar-refractivity contribution < 1.29 is 28.7 Å². The molecule has 2 aliphatic rings. The molecule has 0 bridgehead atoms. The van der Waals surface area contributed by atoms with Crippen LogP contribution < -0.4 is 5.32 Å². The summed E-state index contributed by atoms with van der Waals surface area (Å²) in [6.07, 6.45) is 1.96. The van der Waals surface area contributed by atoms with E-state index in [0.717, 1.165) is 0 Å². The predicted molar refractivity (Wildman–Crippen MR) is 108 cm³/mol. The van der Waals surface area contributed by atoms with E-state index in [1.165, 1.54) is 11.0 Å². The Bertz CT molecular complexity index is 840. The highest BCUT2D eigenvalue weighted by Gasteiger charge is 2.35. The number of fused-ring (bicyclic) bond motifs is 1. The Morgan fingerprint density at radius 1 is 1.20 bits per heavy atom. The highest BCUT2D eigenvalue weighted by Crippen LogP contribution is 2.26. The van der Waals surface area contributed by atoms with Gasteiger partial charge in [0.2, 0.25) is 0 Å². The number of urea groups is 1. The lowest BCUT2D eigenvalue weighted by molar-refractivity contribution is -0.149. The molecule has 1 aromatic rings. The zero-order valence-electron chi connectivity index (χ0n) is 17.3. The normalized spacial score (nSPS) is 18.4. The molecule has 0 aliphatic carbocycles. The van der Waals surface area contributed by atoms with Crippen molar-refractivity contribution in [1.82, 2.24) is 9.80 Å². The first-order valence-corrected chi connectivity index (χ1v) is 10.2. The third kappa shape index (κ3) is 4.62. The number of esters is 1. The van der Waals surface area contributed by atoms with Crippen molar-refractivity contribution >= 4 is 29.5 Å². The van der Waals surface area contributed by atoms with Gasteiger partial charge in [0.15, 0.2) is 0 Å². The summed E-state index contributed by atoms with van der Waals surface area (Å²) in [5, 5.41) is 2.77. The second-order valence-corrected chi connectivity index (χ2v) is 7.34. The minimum atomic E-state index is -0.373. The minimum Gasteiger partial charge on any atom is -0.466 e. The first kappa shape index (κ1) is 21.8. The molecule has 162 valence electrons. The number of nitrogens with one attached hydrogen (secondary N) is 1. The van der Waals surface area contributed by atoms with Gasteiger partial charge in [-0.05, 0) is 44.4 Å². The van der Waals surface area contributed by atoms with Crippen molar-refractivity contribution in [1.29, 1.82) is 0 Å². The number of likely N-dealkylation sites (tertiary alicyclic amines) is 1. The molecule has 1 N–H and O–H groups in total. The molecule has 30 heavy (non-hydrogen) atoms. The van der Waals surface area contributed by atoms with Crippen molar-refractivity contribution in [2.24, 2.45) is 5.92 Å². The number of nitrogens with zero attached hydrogens (tertiary/aromatic N) is 2. The van der Waals surface area contributed by atoms with Crippen molar-refractivity contribution in [3.8, 4) is 0 Å². The van der Waals surface area contributed by atoms with E-state index >= 15 is 0 Å². The van der Waals surface area contributed by atoms with E-state index in [1.54, 1.807) is 31.1 Å². The zero-order valence-corrected chi connectivity index (χ0v) is 17.3. The van der Waals surface area contributed by atoms with Crippen LogP contribution in [0.2, 0.25) is 0 Å². The molecule has 9 heteroatoms. The summed E-state index contributed by atoms with van der Waals surface area (Å²) in [5.41, 5.74) is 1.03. The van der Waals surface area contributed by atoms with Crippen LogP contribution in [0.1, 0.15) is 46.9 Å². The SMILES string of the molecule is CCOC(=O)C1CCCN(C(=O)Nc2ccc3c(c2)C(=O)N(CCCOC)C3=O)C1. The van der Waals surface area contributed by atoms with Gasteiger partial charge in [0.1, 0.15) is 0 Å². The smallest absolute Gasteiger partial charge is 0.321 e. The maximum atomic E-state index is 12.7. The van der Waals surface area contributed by atoms with Gasteiger partial charge in [0.05, 0.1) is 23.7 Å². The number of methoxy groups -OCH3 is 1. The molecule has 4 amide bonds. The molecule has 2 heterocycles. The zero-order chi connectivity index (χ0) is 21.7. The summed E-state index contributed by atoms with van der Waals surface area (Å²) in [6.45, 7) is 3.63. The molecular weight excluding hydrogens is 390 g/mol. The lowest BCUT2D eigenvalue weighted by atomic mass is 9.98. The van der Waals surface area contributed by atoms with Gasteiger partial charge in [-0.15, -0.1) is 0 Å². The van der Waals surface area contributed by atoms with Crippen molar-refractivity contribution in [2.75, 3.05) is 45.3 Å². The van der Waals surface area contributed by atoms with Gasteiger partial charge in [-0.25, -0.2) is 4.79 Å². The molecule has 1 fully saturated rings. The average molecular weight is 417 g/mol. The van der Waals surface area contributed by atoms with E-state index in [9.17, 15) is 19.2 Å². The van der Waals surface area contributed by atoms with Crippen LogP contribution in [0, 0.1) is 5.92 Å². The second-order valence-electron chi connectivity index (χ2n) is 7.34. The predicted octanol–water partition coefficient (Wildman–Crippen LogP) is 2.13. The second kappa shape index (κ2) is 9.71. The Kier molecular flexibility index (Phi) is 7.04. The van der Waals surface area contributed by atoms with E-state index in [2.05, 4.69) is 5.32 Å². The molecule has 2 aliphatic heterocycles. The van der Waals surface area contributed by atoms with E-state index in [0.29, 0.717) is 56.8 Å². The third-order valence-electron chi connectivity index (χ3n) is 5.28. The van der Waals surface area contributed by atoms with Crippen molar-refractivity contribution in [3.63, 3.8) is 0 Å². The van der Waals surface area contributed by atoms with Gasteiger partial charge >= 0.3 is 12.0 Å². The van der Waals surface area contributed by atoms with Gasteiger partial charge in [0, 0.05) is 39.0 Å². The van der Waals surface area contributed by atoms with Crippen molar-refractivity contribution in [3.05, 3.63) is 29.3 Å². The monoisotopic (exact) mass is 417 g/mol. The maximum Gasteiger partial charge on any atom is 0.321 e. The summed E-state index contributed by atoms with van der Waals surface area (Å²) in [6, 6.07) is 4.33. The molecular formula is C21H27N3O6. The number of carbonyl (C=O) groups excluding carboxylic acids is 4. The van der Waals surface area contributed by atoms with Crippen LogP contribution in [0.5, 0.6) is 0 Å². The number of amides is 4. The van der Waals surface area contributed by atoms with Crippen LogP contribution in [0.15, 0.2) is 18.2 Å². The van der Waals surface area contributed by atoms with Gasteiger partial charge < -0.3 is 19.7 Å². The van der Waals surface area contributed by atoms with Crippen LogP contribution in [0.25, 0.3) is 0 Å². The minimum absolute atomic E-state index is 0.276. The lowest BCUT2D eigenvalue weighted by Gasteiger charge is -2.31. The molecule has 0 spiro atoms. The Balaban J connectivity index is 1.65. The van der Waals surface area contributed by atoms with Gasteiger partial charge in [0.25, 0.3) is 11.8 Å². The standard InChI is InChI=1S/C21H27N3O6/c1-3-30-20(27)14-6-4-9-23(13-14)21(28)22-15-7-8-16-17(12-15)19(26)24(18(16)25)10-5-11-29-2/h7-8,12,14H,3-6,9-11,13H2,1-2H3,(H,22,28).